The van der Waals surface area contributed by atoms with Crippen molar-refractivity contribution < 1.29 is 4.74 Å². The van der Waals surface area contributed by atoms with E-state index in [2.05, 4.69) is 0 Å². The molecule has 0 aromatic heterocycles. The Morgan fingerprint density at radius 1 is 1.11 bits per heavy atom. The van der Waals surface area contributed by atoms with Gasteiger partial charge in [0, 0.05) is 13.2 Å². The van der Waals surface area contributed by atoms with Crippen LogP contribution in [0.3, 0.4) is 0 Å². The highest BCUT2D eigenvalue weighted by Crippen LogP contribution is 1.70. The number of hydrogen-bond donors (Lipinski definition) is 0. The molecule has 3 heteroatoms. The lowest BCUT2D eigenvalue weighted by atomic mass is 10.8. The third kappa shape index (κ3) is 60.3. The minimum Gasteiger partial charge on any atom is -0.382 e. The zero-order valence-electron chi connectivity index (χ0n) is 6.23. The maximum atomic E-state index is 4.83. The fourth-order valence-corrected chi connectivity index (χ4v) is 0.204. The van der Waals surface area contributed by atoms with Gasteiger partial charge in [0.25, 0.3) is 0 Å². The Labute approximate surface area is 65.1 Å². The second-order valence-corrected chi connectivity index (χ2v) is 2.01. The van der Waals surface area contributed by atoms with Crippen LogP contribution in [0.25, 0.3) is 0 Å². The SMILES string of the molecule is B.CCOCC.CSC. The van der Waals surface area contributed by atoms with Crippen LogP contribution in [-0.2, 0) is 4.74 Å². The van der Waals surface area contributed by atoms with Gasteiger partial charge >= 0.3 is 0 Å². The molecule has 0 unspecified atom stereocenters. The van der Waals surface area contributed by atoms with Crippen LogP contribution in [-0.4, -0.2) is 34.1 Å². The summed E-state index contributed by atoms with van der Waals surface area (Å²) in [5, 5.41) is 0. The first-order valence-corrected chi connectivity index (χ1v) is 4.44. The molecular weight excluding hydrogens is 131 g/mol. The smallest absolute Gasteiger partial charge is 0.0814 e. The second-order valence-electron chi connectivity index (χ2n) is 1.19. The molecule has 0 spiro atoms. The maximum Gasteiger partial charge on any atom is 0.0814 e. The van der Waals surface area contributed by atoms with Crippen molar-refractivity contribution in [2.75, 3.05) is 25.7 Å². The van der Waals surface area contributed by atoms with E-state index in [0.29, 0.717) is 0 Å². The molecule has 0 aliphatic rings. The van der Waals surface area contributed by atoms with Gasteiger partial charge in [-0.15, -0.1) is 0 Å². The van der Waals surface area contributed by atoms with Gasteiger partial charge in [0.15, 0.2) is 0 Å². The van der Waals surface area contributed by atoms with Crippen molar-refractivity contribution in [2.45, 2.75) is 13.8 Å². The standard InChI is InChI=1S/C4H10O.C2H6S.BH3/c1-3-5-4-2;1-3-2;/h3-4H2,1-2H3;1-2H3;1H3. The van der Waals surface area contributed by atoms with E-state index in [1.54, 1.807) is 11.8 Å². The van der Waals surface area contributed by atoms with Crippen molar-refractivity contribution in [1.29, 1.82) is 0 Å². The zero-order chi connectivity index (χ0) is 6.83. The predicted octanol–water partition coefficient (Wildman–Crippen LogP) is 0.838. The molecule has 9 heavy (non-hydrogen) atoms. The maximum absolute atomic E-state index is 4.83. The molecule has 0 saturated heterocycles. The van der Waals surface area contributed by atoms with Crippen LogP contribution in [0.15, 0.2) is 0 Å². The van der Waals surface area contributed by atoms with Crippen LogP contribution in [0.2, 0.25) is 0 Å². The van der Waals surface area contributed by atoms with Gasteiger partial charge in [0.1, 0.15) is 0 Å². The third-order valence-corrected chi connectivity index (χ3v) is 0.408. The lowest BCUT2D eigenvalue weighted by Crippen LogP contribution is -1.84. The van der Waals surface area contributed by atoms with Gasteiger partial charge < -0.3 is 4.74 Å². The summed E-state index contributed by atoms with van der Waals surface area (Å²) >= 11 is 1.75. The van der Waals surface area contributed by atoms with Crippen LogP contribution in [0.4, 0.5) is 0 Å². The number of hydrogen-bond acceptors (Lipinski definition) is 2. The molecule has 0 atom stereocenters. The minimum absolute atomic E-state index is 0. The molecule has 58 valence electrons. The largest absolute Gasteiger partial charge is 0.382 e. The van der Waals surface area contributed by atoms with Gasteiger partial charge in [0.2, 0.25) is 0 Å². The summed E-state index contributed by atoms with van der Waals surface area (Å²) in [5.41, 5.74) is 0. The molecule has 0 aliphatic heterocycles. The lowest BCUT2D eigenvalue weighted by molar-refractivity contribution is 0.162. The summed E-state index contributed by atoms with van der Waals surface area (Å²) < 4.78 is 4.83. The van der Waals surface area contributed by atoms with Crippen LogP contribution in [0.5, 0.6) is 0 Å². The molecule has 0 amide bonds. The normalized spacial score (nSPS) is 6.67. The first-order chi connectivity index (χ1) is 3.83. The van der Waals surface area contributed by atoms with E-state index in [-0.39, 0.29) is 8.41 Å². The van der Waals surface area contributed by atoms with Gasteiger partial charge in [-0.1, -0.05) is 0 Å². The van der Waals surface area contributed by atoms with Gasteiger partial charge in [-0.25, -0.2) is 0 Å². The van der Waals surface area contributed by atoms with Gasteiger partial charge in [0.05, 0.1) is 8.41 Å². The molecule has 0 heterocycles. The van der Waals surface area contributed by atoms with E-state index in [1.807, 2.05) is 26.4 Å². The summed E-state index contributed by atoms with van der Waals surface area (Å²) in [6.07, 6.45) is 4.08. The average molecular weight is 150 g/mol. The molecule has 0 N–H and O–H groups in total. The third-order valence-electron chi connectivity index (χ3n) is 0.408. The van der Waals surface area contributed by atoms with Crippen molar-refractivity contribution in [3.63, 3.8) is 0 Å². The summed E-state index contributed by atoms with van der Waals surface area (Å²) in [5.74, 6) is 0. The molecule has 0 rings (SSSR count). The molecule has 0 radical (unpaired) electrons. The van der Waals surface area contributed by atoms with Crippen LogP contribution in [0, 0.1) is 0 Å². The van der Waals surface area contributed by atoms with E-state index < -0.39 is 0 Å². The van der Waals surface area contributed by atoms with E-state index in [0.717, 1.165) is 13.2 Å². The monoisotopic (exact) mass is 150 g/mol. The molecule has 1 nitrogen and oxygen atoms in total. The summed E-state index contributed by atoms with van der Waals surface area (Å²) in [7, 11) is 0. The number of rotatable bonds is 2. The van der Waals surface area contributed by atoms with Crippen molar-refractivity contribution in [1.82, 2.24) is 0 Å². The Morgan fingerprint density at radius 2 is 1.33 bits per heavy atom. The number of ether oxygens (including phenoxy) is 1. The van der Waals surface area contributed by atoms with Crippen molar-refractivity contribution >= 4 is 20.2 Å². The molecular formula is C6H19BOS. The quantitative estimate of drug-likeness (QED) is 0.539. The van der Waals surface area contributed by atoms with E-state index >= 15 is 0 Å². The second kappa shape index (κ2) is 23.8. The Hall–Kier alpha value is 0.375. The zero-order valence-corrected chi connectivity index (χ0v) is 7.05. The Kier molecular flexibility index (Phi) is 42.8. The fourth-order valence-electron chi connectivity index (χ4n) is 0.204. The van der Waals surface area contributed by atoms with E-state index in [1.165, 1.54) is 0 Å². The van der Waals surface area contributed by atoms with Crippen molar-refractivity contribution in [2.24, 2.45) is 0 Å². The van der Waals surface area contributed by atoms with Gasteiger partial charge in [-0.05, 0) is 26.4 Å². The summed E-state index contributed by atoms with van der Waals surface area (Å²) in [6, 6.07) is 0. The van der Waals surface area contributed by atoms with Gasteiger partial charge in [-0.3, -0.25) is 0 Å². The molecule has 0 saturated carbocycles. The Morgan fingerprint density at radius 3 is 1.33 bits per heavy atom. The predicted molar refractivity (Wildman–Crippen MR) is 51.5 cm³/mol. The minimum atomic E-state index is 0. The molecule has 0 aromatic carbocycles. The Bertz CT molecular complexity index is 27.0. The first-order valence-electron chi connectivity index (χ1n) is 2.81. The van der Waals surface area contributed by atoms with Crippen LogP contribution >= 0.6 is 11.8 Å². The topological polar surface area (TPSA) is 9.23 Å². The molecule has 0 bridgehead atoms. The summed E-state index contributed by atoms with van der Waals surface area (Å²) in [4.78, 5) is 0. The molecule has 0 aliphatic carbocycles. The van der Waals surface area contributed by atoms with Crippen LogP contribution < -0.4 is 0 Å². The van der Waals surface area contributed by atoms with Gasteiger partial charge in [-0.2, -0.15) is 11.8 Å². The lowest BCUT2D eigenvalue weighted by Gasteiger charge is -1.86. The molecule has 0 aromatic rings. The Balaban J connectivity index is -0.0000000800. The molecule has 0 fully saturated rings. The fraction of sp³-hybridized carbons (Fsp3) is 1.00. The average Bonchev–Trinajstić information content (AvgIpc) is 1.71. The highest BCUT2D eigenvalue weighted by Gasteiger charge is 1.64. The highest BCUT2D eigenvalue weighted by atomic mass is 32.2. The van der Waals surface area contributed by atoms with Crippen molar-refractivity contribution in [3.05, 3.63) is 0 Å². The first kappa shape index (κ1) is 16.2. The van der Waals surface area contributed by atoms with Crippen molar-refractivity contribution in [3.8, 4) is 0 Å². The van der Waals surface area contributed by atoms with Crippen LogP contribution in [0.1, 0.15) is 13.8 Å². The summed E-state index contributed by atoms with van der Waals surface area (Å²) in [6.45, 7) is 5.67. The van der Waals surface area contributed by atoms with E-state index in [4.69, 9.17) is 4.74 Å². The van der Waals surface area contributed by atoms with E-state index in [9.17, 15) is 0 Å². The number of thioether (sulfide) groups is 1. The highest BCUT2D eigenvalue weighted by molar-refractivity contribution is 7.97.